The number of hydrogen-bond donors (Lipinski definition) is 1. The Morgan fingerprint density at radius 3 is 2.40 bits per heavy atom. The molecule has 0 aromatic heterocycles. The lowest BCUT2D eigenvalue weighted by molar-refractivity contribution is 0.216. The number of halogens is 2. The van der Waals surface area contributed by atoms with Crippen molar-refractivity contribution >= 4 is 27.5 Å². The maximum Gasteiger partial charge on any atom is 0.138 e. The van der Waals surface area contributed by atoms with Gasteiger partial charge in [0.25, 0.3) is 0 Å². The Morgan fingerprint density at radius 2 is 1.70 bits per heavy atom. The predicted octanol–water partition coefficient (Wildman–Crippen LogP) is 4.02. The van der Waals surface area contributed by atoms with E-state index in [9.17, 15) is 0 Å². The van der Waals surface area contributed by atoms with Gasteiger partial charge in [0.15, 0.2) is 0 Å². The van der Waals surface area contributed by atoms with Gasteiger partial charge in [-0.2, -0.15) is 0 Å². The van der Waals surface area contributed by atoms with Gasteiger partial charge in [0.05, 0.1) is 5.02 Å². The van der Waals surface area contributed by atoms with Crippen LogP contribution in [0.3, 0.4) is 0 Å². The predicted molar refractivity (Wildman–Crippen MR) is 84.5 cm³/mol. The Bertz CT molecular complexity index is 578. The summed E-state index contributed by atoms with van der Waals surface area (Å²) in [5.41, 5.74) is 6.63. The molecule has 2 rings (SSSR count). The molecule has 2 N–H and O–H groups in total. The van der Waals surface area contributed by atoms with Gasteiger partial charge in [-0.15, -0.1) is 0 Å². The molecule has 0 unspecified atom stereocenters. The molecule has 3 nitrogen and oxygen atoms in total. The minimum Gasteiger partial charge on any atom is -0.490 e. The molecule has 0 saturated carbocycles. The van der Waals surface area contributed by atoms with E-state index in [0.717, 1.165) is 15.8 Å². The molecule has 106 valence electrons. The molecular formula is C15H15BrClNO2. The zero-order valence-electron chi connectivity index (χ0n) is 10.8. The lowest BCUT2D eigenvalue weighted by atomic mass is 10.2. The molecule has 0 spiro atoms. The van der Waals surface area contributed by atoms with E-state index in [0.29, 0.717) is 30.5 Å². The minimum atomic E-state index is 0.417. The quantitative estimate of drug-likeness (QED) is 0.795. The SMILES string of the molecule is NCc1ccccc1OCCOc1ccc(Br)cc1Cl. The zero-order valence-corrected chi connectivity index (χ0v) is 13.2. The van der Waals surface area contributed by atoms with Gasteiger partial charge in [-0.3, -0.25) is 0 Å². The molecule has 0 bridgehead atoms. The van der Waals surface area contributed by atoms with E-state index in [1.807, 2.05) is 36.4 Å². The van der Waals surface area contributed by atoms with Gasteiger partial charge in [-0.25, -0.2) is 0 Å². The third kappa shape index (κ3) is 4.13. The van der Waals surface area contributed by atoms with Crippen LogP contribution in [0.4, 0.5) is 0 Å². The maximum absolute atomic E-state index is 6.06. The van der Waals surface area contributed by atoms with Crippen LogP contribution in [-0.4, -0.2) is 13.2 Å². The number of rotatable bonds is 6. The summed E-state index contributed by atoms with van der Waals surface area (Å²) in [4.78, 5) is 0. The van der Waals surface area contributed by atoms with E-state index in [2.05, 4.69) is 15.9 Å². The van der Waals surface area contributed by atoms with Crippen LogP contribution in [0.25, 0.3) is 0 Å². The number of hydrogen-bond acceptors (Lipinski definition) is 3. The molecule has 0 aliphatic heterocycles. The first-order valence-electron chi connectivity index (χ1n) is 6.19. The topological polar surface area (TPSA) is 44.5 Å². The molecule has 0 atom stereocenters. The van der Waals surface area contributed by atoms with E-state index in [4.69, 9.17) is 26.8 Å². The highest BCUT2D eigenvalue weighted by molar-refractivity contribution is 9.10. The lowest BCUT2D eigenvalue weighted by Gasteiger charge is -2.11. The highest BCUT2D eigenvalue weighted by Crippen LogP contribution is 2.27. The second-order valence-corrected chi connectivity index (χ2v) is 5.41. The van der Waals surface area contributed by atoms with Gasteiger partial charge in [0.2, 0.25) is 0 Å². The fraction of sp³-hybridized carbons (Fsp3) is 0.200. The molecule has 5 heteroatoms. The standard InChI is InChI=1S/C15H15BrClNO2/c16-12-5-6-15(13(17)9-12)20-8-7-19-14-4-2-1-3-11(14)10-18/h1-6,9H,7-8,10,18H2. The minimum absolute atomic E-state index is 0.417. The Labute approximate surface area is 131 Å². The monoisotopic (exact) mass is 355 g/mol. The second kappa shape index (κ2) is 7.53. The molecule has 0 aliphatic carbocycles. The fourth-order valence-corrected chi connectivity index (χ4v) is 2.44. The van der Waals surface area contributed by atoms with Gasteiger partial charge in [-0.1, -0.05) is 45.7 Å². The highest BCUT2D eigenvalue weighted by atomic mass is 79.9. The molecule has 0 fully saturated rings. The van der Waals surface area contributed by atoms with Gasteiger partial charge in [0.1, 0.15) is 24.7 Å². The van der Waals surface area contributed by atoms with Crippen LogP contribution in [0.15, 0.2) is 46.9 Å². The Balaban J connectivity index is 1.84. The van der Waals surface area contributed by atoms with Crippen molar-refractivity contribution < 1.29 is 9.47 Å². The van der Waals surface area contributed by atoms with Crippen LogP contribution in [0.1, 0.15) is 5.56 Å². The molecule has 2 aromatic carbocycles. The first-order valence-corrected chi connectivity index (χ1v) is 7.36. The molecule has 0 aliphatic rings. The molecular weight excluding hydrogens is 342 g/mol. The third-order valence-corrected chi connectivity index (χ3v) is 3.47. The molecule has 0 heterocycles. The van der Waals surface area contributed by atoms with Crippen LogP contribution < -0.4 is 15.2 Å². The third-order valence-electron chi connectivity index (χ3n) is 2.68. The maximum atomic E-state index is 6.06. The lowest BCUT2D eigenvalue weighted by Crippen LogP contribution is -2.11. The summed E-state index contributed by atoms with van der Waals surface area (Å²) in [5.74, 6) is 1.44. The molecule has 0 radical (unpaired) electrons. The van der Waals surface area contributed by atoms with Crippen molar-refractivity contribution in [2.24, 2.45) is 5.73 Å². The molecule has 0 amide bonds. The van der Waals surface area contributed by atoms with Crippen molar-refractivity contribution in [3.05, 3.63) is 57.5 Å². The second-order valence-electron chi connectivity index (χ2n) is 4.08. The summed E-state index contributed by atoms with van der Waals surface area (Å²) in [6.07, 6.45) is 0. The van der Waals surface area contributed by atoms with E-state index in [-0.39, 0.29) is 0 Å². The van der Waals surface area contributed by atoms with Gasteiger partial charge in [0, 0.05) is 16.6 Å². The van der Waals surface area contributed by atoms with Crippen molar-refractivity contribution in [3.8, 4) is 11.5 Å². The molecule has 20 heavy (non-hydrogen) atoms. The van der Waals surface area contributed by atoms with Gasteiger partial charge >= 0.3 is 0 Å². The number of nitrogens with two attached hydrogens (primary N) is 1. The van der Waals surface area contributed by atoms with Crippen molar-refractivity contribution in [1.29, 1.82) is 0 Å². The van der Waals surface area contributed by atoms with Gasteiger partial charge in [-0.05, 0) is 24.3 Å². The smallest absolute Gasteiger partial charge is 0.138 e. The van der Waals surface area contributed by atoms with Crippen molar-refractivity contribution in [3.63, 3.8) is 0 Å². The Kier molecular flexibility index (Phi) is 5.71. The first-order chi connectivity index (χ1) is 9.70. The zero-order chi connectivity index (χ0) is 14.4. The normalized spacial score (nSPS) is 10.3. The van der Waals surface area contributed by atoms with Gasteiger partial charge < -0.3 is 15.2 Å². The highest BCUT2D eigenvalue weighted by Gasteiger charge is 2.03. The molecule has 0 saturated heterocycles. The Hall–Kier alpha value is -1.23. The van der Waals surface area contributed by atoms with E-state index >= 15 is 0 Å². The average molecular weight is 357 g/mol. The number of ether oxygens (including phenoxy) is 2. The summed E-state index contributed by atoms with van der Waals surface area (Å²) >= 11 is 9.41. The summed E-state index contributed by atoms with van der Waals surface area (Å²) in [5, 5.41) is 0.571. The summed E-state index contributed by atoms with van der Waals surface area (Å²) in [7, 11) is 0. The van der Waals surface area contributed by atoms with Crippen LogP contribution in [0.5, 0.6) is 11.5 Å². The van der Waals surface area contributed by atoms with Crippen LogP contribution in [0, 0.1) is 0 Å². The summed E-state index contributed by atoms with van der Waals surface area (Å²) < 4.78 is 12.2. The number of para-hydroxylation sites is 1. The van der Waals surface area contributed by atoms with Crippen molar-refractivity contribution in [2.45, 2.75) is 6.54 Å². The molecule has 2 aromatic rings. The van der Waals surface area contributed by atoms with Crippen LogP contribution in [-0.2, 0) is 6.54 Å². The van der Waals surface area contributed by atoms with E-state index in [1.54, 1.807) is 6.07 Å². The first kappa shape index (κ1) is 15.2. The fourth-order valence-electron chi connectivity index (χ4n) is 1.71. The van der Waals surface area contributed by atoms with Crippen molar-refractivity contribution in [1.82, 2.24) is 0 Å². The largest absolute Gasteiger partial charge is 0.490 e. The summed E-state index contributed by atoms with van der Waals surface area (Å²) in [6, 6.07) is 13.2. The van der Waals surface area contributed by atoms with Crippen LogP contribution in [0.2, 0.25) is 5.02 Å². The van der Waals surface area contributed by atoms with E-state index in [1.165, 1.54) is 0 Å². The Morgan fingerprint density at radius 1 is 1.00 bits per heavy atom. The average Bonchev–Trinajstić information content (AvgIpc) is 2.46. The van der Waals surface area contributed by atoms with Crippen LogP contribution >= 0.6 is 27.5 Å². The summed E-state index contributed by atoms with van der Waals surface area (Å²) in [6.45, 7) is 1.30. The number of benzene rings is 2. The van der Waals surface area contributed by atoms with E-state index < -0.39 is 0 Å². The van der Waals surface area contributed by atoms with Crippen molar-refractivity contribution in [2.75, 3.05) is 13.2 Å².